The van der Waals surface area contributed by atoms with Gasteiger partial charge in [0.1, 0.15) is 12.4 Å². The zero-order valence-electron chi connectivity index (χ0n) is 11.0. The van der Waals surface area contributed by atoms with Crippen molar-refractivity contribution in [2.45, 2.75) is 18.9 Å². The summed E-state index contributed by atoms with van der Waals surface area (Å²) in [5.74, 6) is 6.79. The minimum atomic E-state index is -0.237. The molecule has 0 aromatic carbocycles. The summed E-state index contributed by atoms with van der Waals surface area (Å²) in [6.45, 7) is 0.746. The Kier molecular flexibility index (Phi) is 4.00. The number of hydrogen-bond acceptors (Lipinski definition) is 7. The predicted octanol–water partition coefficient (Wildman–Crippen LogP) is -0.514. The van der Waals surface area contributed by atoms with Gasteiger partial charge in [-0.2, -0.15) is 0 Å². The molecule has 1 unspecified atom stereocenters. The van der Waals surface area contributed by atoms with Crippen LogP contribution in [0, 0.1) is 0 Å². The SMILES string of the molecule is CNC(=O)C1CCCN1c1ncnc(NN)c1OC. The lowest BCUT2D eigenvalue weighted by Crippen LogP contribution is -2.42. The highest BCUT2D eigenvalue weighted by Gasteiger charge is 2.33. The molecule has 1 amide bonds. The Morgan fingerprint density at radius 2 is 2.37 bits per heavy atom. The highest BCUT2D eigenvalue weighted by molar-refractivity contribution is 5.86. The molecule has 1 aromatic heterocycles. The zero-order valence-corrected chi connectivity index (χ0v) is 11.0. The maximum absolute atomic E-state index is 11.9. The van der Waals surface area contributed by atoms with Crippen LogP contribution >= 0.6 is 0 Å². The van der Waals surface area contributed by atoms with E-state index in [4.69, 9.17) is 10.6 Å². The lowest BCUT2D eigenvalue weighted by molar-refractivity contribution is -0.121. The third-order valence-corrected chi connectivity index (χ3v) is 3.20. The number of carbonyl (C=O) groups is 1. The fraction of sp³-hybridized carbons (Fsp3) is 0.545. The Bertz CT molecular complexity index is 466. The summed E-state index contributed by atoms with van der Waals surface area (Å²) in [4.78, 5) is 22.0. The standard InChI is InChI=1S/C11H18N6O2/c1-13-11(18)7-4-3-5-17(7)10-8(19-2)9(16-12)14-6-15-10/h6-7H,3-5,12H2,1-2H3,(H,13,18)(H,14,15,16). The Morgan fingerprint density at radius 1 is 1.58 bits per heavy atom. The van der Waals surface area contributed by atoms with Crippen molar-refractivity contribution in [2.75, 3.05) is 31.0 Å². The minimum Gasteiger partial charge on any atom is -0.490 e. The Balaban J connectivity index is 2.38. The average molecular weight is 266 g/mol. The first kappa shape index (κ1) is 13.3. The number of methoxy groups -OCH3 is 1. The van der Waals surface area contributed by atoms with Crippen LogP contribution < -0.4 is 26.2 Å². The second-order valence-corrected chi connectivity index (χ2v) is 4.19. The van der Waals surface area contributed by atoms with Gasteiger partial charge in [-0.3, -0.25) is 4.79 Å². The summed E-state index contributed by atoms with van der Waals surface area (Å²) in [5.41, 5.74) is 2.47. The molecule has 8 heteroatoms. The number of carbonyl (C=O) groups excluding carboxylic acids is 1. The molecule has 1 aliphatic rings. The number of amides is 1. The van der Waals surface area contributed by atoms with E-state index in [0.717, 1.165) is 19.4 Å². The molecule has 1 aromatic rings. The molecule has 0 spiro atoms. The van der Waals surface area contributed by atoms with E-state index in [-0.39, 0.29) is 11.9 Å². The maximum Gasteiger partial charge on any atom is 0.242 e. The molecule has 2 heterocycles. The number of hydrazine groups is 1. The summed E-state index contributed by atoms with van der Waals surface area (Å²) in [5, 5.41) is 2.67. The van der Waals surface area contributed by atoms with Gasteiger partial charge in [0.05, 0.1) is 7.11 Å². The van der Waals surface area contributed by atoms with Crippen molar-refractivity contribution < 1.29 is 9.53 Å². The number of aromatic nitrogens is 2. The molecule has 19 heavy (non-hydrogen) atoms. The van der Waals surface area contributed by atoms with E-state index in [1.807, 2.05) is 4.90 Å². The largest absolute Gasteiger partial charge is 0.490 e. The van der Waals surface area contributed by atoms with Crippen molar-refractivity contribution in [3.63, 3.8) is 0 Å². The summed E-state index contributed by atoms with van der Waals surface area (Å²) >= 11 is 0. The minimum absolute atomic E-state index is 0.0274. The average Bonchev–Trinajstić information content (AvgIpc) is 2.94. The van der Waals surface area contributed by atoms with Crippen LogP contribution in [-0.2, 0) is 4.79 Å². The van der Waals surface area contributed by atoms with Crippen molar-refractivity contribution in [1.29, 1.82) is 0 Å². The van der Waals surface area contributed by atoms with Crippen molar-refractivity contribution in [3.05, 3.63) is 6.33 Å². The van der Waals surface area contributed by atoms with Crippen molar-refractivity contribution >= 4 is 17.5 Å². The van der Waals surface area contributed by atoms with Gasteiger partial charge in [0, 0.05) is 13.6 Å². The number of nitrogens with one attached hydrogen (secondary N) is 2. The lowest BCUT2D eigenvalue weighted by atomic mass is 10.2. The van der Waals surface area contributed by atoms with Crippen LogP contribution in [0.1, 0.15) is 12.8 Å². The normalized spacial score (nSPS) is 18.3. The summed E-state index contributed by atoms with van der Waals surface area (Å²) in [6.07, 6.45) is 3.11. The van der Waals surface area contributed by atoms with E-state index in [1.54, 1.807) is 7.05 Å². The van der Waals surface area contributed by atoms with Crippen LogP contribution in [-0.4, -0.2) is 42.6 Å². The summed E-state index contributed by atoms with van der Waals surface area (Å²) in [7, 11) is 3.15. The van der Waals surface area contributed by atoms with Gasteiger partial charge in [-0.05, 0) is 12.8 Å². The molecular formula is C11H18N6O2. The van der Waals surface area contributed by atoms with Gasteiger partial charge in [-0.15, -0.1) is 0 Å². The first-order valence-electron chi connectivity index (χ1n) is 6.06. The van der Waals surface area contributed by atoms with Crippen LogP contribution in [0.3, 0.4) is 0 Å². The number of nitrogens with two attached hydrogens (primary N) is 1. The third kappa shape index (κ3) is 2.39. The molecular weight excluding hydrogens is 248 g/mol. The summed E-state index contributed by atoms with van der Waals surface area (Å²) in [6, 6.07) is -0.237. The number of likely N-dealkylation sites (N-methyl/N-ethyl adjacent to an activating group) is 1. The molecule has 0 aliphatic carbocycles. The van der Waals surface area contributed by atoms with Crippen molar-refractivity contribution in [1.82, 2.24) is 15.3 Å². The third-order valence-electron chi connectivity index (χ3n) is 3.20. The van der Waals surface area contributed by atoms with Gasteiger partial charge in [0.2, 0.25) is 11.7 Å². The predicted molar refractivity (Wildman–Crippen MR) is 70.8 cm³/mol. The van der Waals surface area contributed by atoms with Gasteiger partial charge in [-0.25, -0.2) is 15.8 Å². The molecule has 1 aliphatic heterocycles. The number of nitrogen functional groups attached to an aromatic ring is 1. The van der Waals surface area contributed by atoms with E-state index >= 15 is 0 Å². The van der Waals surface area contributed by atoms with Crippen LogP contribution in [0.5, 0.6) is 5.75 Å². The topological polar surface area (TPSA) is 105 Å². The Labute approximate surface area is 111 Å². The van der Waals surface area contributed by atoms with Gasteiger partial charge >= 0.3 is 0 Å². The number of rotatable bonds is 4. The Hall–Kier alpha value is -2.09. The second kappa shape index (κ2) is 5.70. The van der Waals surface area contributed by atoms with Crippen LogP contribution in [0.25, 0.3) is 0 Å². The van der Waals surface area contributed by atoms with Gasteiger partial charge in [0.15, 0.2) is 11.6 Å². The number of nitrogens with zero attached hydrogens (tertiary/aromatic N) is 3. The molecule has 1 saturated heterocycles. The summed E-state index contributed by atoms with van der Waals surface area (Å²) < 4.78 is 5.30. The van der Waals surface area contributed by atoms with E-state index in [0.29, 0.717) is 17.4 Å². The van der Waals surface area contributed by atoms with Gasteiger partial charge < -0.3 is 20.4 Å². The van der Waals surface area contributed by atoms with Crippen molar-refractivity contribution in [3.8, 4) is 5.75 Å². The van der Waals surface area contributed by atoms with E-state index in [1.165, 1.54) is 13.4 Å². The smallest absolute Gasteiger partial charge is 0.242 e. The molecule has 0 bridgehead atoms. The molecule has 1 fully saturated rings. The lowest BCUT2D eigenvalue weighted by Gasteiger charge is -2.26. The number of hydrogen-bond donors (Lipinski definition) is 3. The number of anilines is 2. The fourth-order valence-electron chi connectivity index (χ4n) is 2.32. The highest BCUT2D eigenvalue weighted by Crippen LogP contribution is 2.35. The quantitative estimate of drug-likeness (QED) is 0.497. The molecule has 104 valence electrons. The molecule has 4 N–H and O–H groups in total. The van der Waals surface area contributed by atoms with Crippen LogP contribution in [0.15, 0.2) is 6.33 Å². The van der Waals surface area contributed by atoms with Gasteiger partial charge in [0.25, 0.3) is 0 Å². The first-order chi connectivity index (χ1) is 9.22. The fourth-order valence-corrected chi connectivity index (χ4v) is 2.32. The van der Waals surface area contributed by atoms with E-state index < -0.39 is 0 Å². The van der Waals surface area contributed by atoms with Crippen molar-refractivity contribution in [2.24, 2.45) is 5.84 Å². The monoisotopic (exact) mass is 266 g/mol. The number of ether oxygens (including phenoxy) is 1. The highest BCUT2D eigenvalue weighted by atomic mass is 16.5. The van der Waals surface area contributed by atoms with Crippen LogP contribution in [0.4, 0.5) is 11.6 Å². The zero-order chi connectivity index (χ0) is 13.8. The van der Waals surface area contributed by atoms with Crippen LogP contribution in [0.2, 0.25) is 0 Å². The molecule has 0 radical (unpaired) electrons. The first-order valence-corrected chi connectivity index (χ1v) is 6.06. The van der Waals surface area contributed by atoms with Gasteiger partial charge in [-0.1, -0.05) is 0 Å². The second-order valence-electron chi connectivity index (χ2n) is 4.19. The molecule has 2 rings (SSSR count). The van der Waals surface area contributed by atoms with E-state index in [9.17, 15) is 4.79 Å². The Morgan fingerprint density at radius 3 is 3.00 bits per heavy atom. The van der Waals surface area contributed by atoms with E-state index in [2.05, 4.69) is 20.7 Å². The maximum atomic E-state index is 11.9. The molecule has 0 saturated carbocycles. The molecule has 1 atom stereocenters. The molecule has 8 nitrogen and oxygen atoms in total.